The van der Waals surface area contributed by atoms with Gasteiger partial charge in [0.15, 0.2) is 0 Å². The van der Waals surface area contributed by atoms with Crippen LogP contribution in [0, 0.1) is 11.3 Å². The Morgan fingerprint density at radius 3 is 2.76 bits per heavy atom. The molecule has 0 fully saturated rings. The standard InChI is InChI=1S/C10H12BrN3O2S/c11-9-3-1-4-10(8(9)7-12)14-5-2-6-17(13,15)16/h1,3-4,14H,2,5-6H2,(H2,13,15,16). The molecule has 0 saturated carbocycles. The van der Waals surface area contributed by atoms with Crippen LogP contribution in [0.3, 0.4) is 0 Å². The van der Waals surface area contributed by atoms with Crippen LogP contribution >= 0.6 is 15.9 Å². The van der Waals surface area contributed by atoms with E-state index in [1.54, 1.807) is 18.2 Å². The number of rotatable bonds is 5. The quantitative estimate of drug-likeness (QED) is 0.802. The molecule has 1 aromatic rings. The molecule has 3 N–H and O–H groups in total. The fraction of sp³-hybridized carbons (Fsp3) is 0.300. The van der Waals surface area contributed by atoms with Crippen molar-refractivity contribution in [1.29, 1.82) is 5.26 Å². The van der Waals surface area contributed by atoms with Crippen molar-refractivity contribution in [2.75, 3.05) is 17.6 Å². The molecular formula is C10H12BrN3O2S. The van der Waals surface area contributed by atoms with Crippen LogP contribution in [-0.4, -0.2) is 20.7 Å². The molecule has 5 nitrogen and oxygen atoms in total. The molecular weight excluding hydrogens is 306 g/mol. The summed E-state index contributed by atoms with van der Waals surface area (Å²) in [5.74, 6) is -0.0735. The van der Waals surface area contributed by atoms with Crippen LogP contribution in [0.25, 0.3) is 0 Å². The predicted octanol–water partition coefficient (Wildman–Crippen LogP) is 1.41. The number of sulfonamides is 1. The van der Waals surface area contributed by atoms with Crippen molar-refractivity contribution in [2.24, 2.45) is 5.14 Å². The molecule has 1 rings (SSSR count). The Labute approximate surface area is 109 Å². The summed E-state index contributed by atoms with van der Waals surface area (Å²) in [5.41, 5.74) is 1.18. The van der Waals surface area contributed by atoms with E-state index in [0.717, 1.165) is 0 Å². The first-order chi connectivity index (χ1) is 7.94. The van der Waals surface area contributed by atoms with Crippen molar-refractivity contribution < 1.29 is 8.42 Å². The molecule has 0 spiro atoms. The zero-order valence-corrected chi connectivity index (χ0v) is 11.4. The summed E-state index contributed by atoms with van der Waals surface area (Å²) in [7, 11) is -3.42. The first kappa shape index (κ1) is 14.0. The molecule has 0 amide bonds. The van der Waals surface area contributed by atoms with Gasteiger partial charge in [-0.05, 0) is 34.5 Å². The molecule has 0 heterocycles. The summed E-state index contributed by atoms with van der Waals surface area (Å²) in [4.78, 5) is 0. The second-order valence-corrected chi connectivity index (χ2v) is 6.01. The summed E-state index contributed by atoms with van der Waals surface area (Å²) in [6.45, 7) is 0.446. The van der Waals surface area contributed by atoms with Crippen LogP contribution in [0.2, 0.25) is 0 Å². The third kappa shape index (κ3) is 4.73. The minimum absolute atomic E-state index is 0.0735. The van der Waals surface area contributed by atoms with E-state index in [-0.39, 0.29) is 5.75 Å². The molecule has 7 heteroatoms. The van der Waals surface area contributed by atoms with Crippen LogP contribution in [0.1, 0.15) is 12.0 Å². The molecule has 0 aliphatic rings. The van der Waals surface area contributed by atoms with Crippen LogP contribution in [-0.2, 0) is 10.0 Å². The Balaban J connectivity index is 2.59. The molecule has 0 saturated heterocycles. The number of anilines is 1. The lowest BCUT2D eigenvalue weighted by Gasteiger charge is -2.08. The molecule has 0 aliphatic heterocycles. The monoisotopic (exact) mass is 317 g/mol. The van der Waals surface area contributed by atoms with E-state index in [0.29, 0.717) is 28.7 Å². The summed E-state index contributed by atoms with van der Waals surface area (Å²) < 4.78 is 22.1. The Bertz CT molecular complexity index is 537. The highest BCUT2D eigenvalue weighted by Gasteiger charge is 2.06. The molecule has 1 aromatic carbocycles. The second-order valence-electron chi connectivity index (χ2n) is 3.42. The summed E-state index contributed by atoms with van der Waals surface area (Å²) in [6.07, 6.45) is 0.399. The fourth-order valence-electron chi connectivity index (χ4n) is 1.28. The summed E-state index contributed by atoms with van der Waals surface area (Å²) in [5, 5.41) is 16.8. The Morgan fingerprint density at radius 1 is 1.47 bits per heavy atom. The average molecular weight is 318 g/mol. The van der Waals surface area contributed by atoms with Crippen molar-refractivity contribution >= 4 is 31.6 Å². The van der Waals surface area contributed by atoms with Crippen LogP contribution < -0.4 is 10.5 Å². The summed E-state index contributed by atoms with van der Waals surface area (Å²) in [6, 6.07) is 7.40. The maximum Gasteiger partial charge on any atom is 0.209 e. The normalized spacial score (nSPS) is 10.9. The Kier molecular flexibility index (Phi) is 4.93. The number of nitrogens with one attached hydrogen (secondary N) is 1. The lowest BCUT2D eigenvalue weighted by Crippen LogP contribution is -2.18. The van der Waals surface area contributed by atoms with E-state index in [9.17, 15) is 8.42 Å². The number of benzene rings is 1. The van der Waals surface area contributed by atoms with Gasteiger partial charge in [-0.2, -0.15) is 5.26 Å². The Hall–Kier alpha value is -1.10. The molecule has 17 heavy (non-hydrogen) atoms. The van der Waals surface area contributed by atoms with E-state index in [4.69, 9.17) is 10.4 Å². The molecule has 0 aromatic heterocycles. The number of hydrogen-bond donors (Lipinski definition) is 2. The van der Waals surface area contributed by atoms with Crippen LogP contribution in [0.15, 0.2) is 22.7 Å². The van der Waals surface area contributed by atoms with Gasteiger partial charge in [0.2, 0.25) is 10.0 Å². The van der Waals surface area contributed by atoms with Gasteiger partial charge in [0, 0.05) is 11.0 Å². The number of halogens is 1. The van der Waals surface area contributed by atoms with Gasteiger partial charge in [-0.1, -0.05) is 6.07 Å². The molecule has 0 aliphatic carbocycles. The number of primary sulfonamides is 1. The lowest BCUT2D eigenvalue weighted by atomic mass is 10.2. The maximum atomic E-state index is 10.7. The molecule has 0 radical (unpaired) electrons. The van der Waals surface area contributed by atoms with Gasteiger partial charge in [-0.15, -0.1) is 0 Å². The molecule has 0 bridgehead atoms. The zero-order valence-electron chi connectivity index (χ0n) is 8.98. The van der Waals surface area contributed by atoms with E-state index in [2.05, 4.69) is 27.3 Å². The van der Waals surface area contributed by atoms with Crippen molar-refractivity contribution in [3.8, 4) is 6.07 Å². The molecule has 92 valence electrons. The van der Waals surface area contributed by atoms with E-state index in [1.807, 2.05) is 0 Å². The largest absolute Gasteiger partial charge is 0.384 e. The minimum Gasteiger partial charge on any atom is -0.384 e. The first-order valence-corrected chi connectivity index (χ1v) is 7.38. The molecule has 0 unspecified atom stereocenters. The smallest absolute Gasteiger partial charge is 0.209 e. The zero-order chi connectivity index (χ0) is 12.9. The van der Waals surface area contributed by atoms with Crippen molar-refractivity contribution in [1.82, 2.24) is 0 Å². The number of nitriles is 1. The Morgan fingerprint density at radius 2 is 2.18 bits per heavy atom. The third-order valence-corrected chi connectivity index (χ3v) is 3.57. The average Bonchev–Trinajstić information content (AvgIpc) is 2.23. The molecule has 0 atom stereocenters. The number of nitrogens with zero attached hydrogens (tertiary/aromatic N) is 1. The van der Waals surface area contributed by atoms with Crippen molar-refractivity contribution in [3.05, 3.63) is 28.2 Å². The SMILES string of the molecule is N#Cc1c(Br)cccc1NCCCS(N)(=O)=O. The van der Waals surface area contributed by atoms with Gasteiger partial charge in [0.05, 0.1) is 17.0 Å². The van der Waals surface area contributed by atoms with E-state index >= 15 is 0 Å². The van der Waals surface area contributed by atoms with Crippen molar-refractivity contribution in [3.63, 3.8) is 0 Å². The number of hydrogen-bond acceptors (Lipinski definition) is 4. The highest BCUT2D eigenvalue weighted by molar-refractivity contribution is 9.10. The predicted molar refractivity (Wildman–Crippen MR) is 69.9 cm³/mol. The third-order valence-electron chi connectivity index (χ3n) is 2.05. The van der Waals surface area contributed by atoms with Gasteiger partial charge in [0.1, 0.15) is 6.07 Å². The van der Waals surface area contributed by atoms with Gasteiger partial charge in [0.25, 0.3) is 0 Å². The van der Waals surface area contributed by atoms with Gasteiger partial charge >= 0.3 is 0 Å². The van der Waals surface area contributed by atoms with Gasteiger partial charge in [-0.25, -0.2) is 13.6 Å². The van der Waals surface area contributed by atoms with E-state index < -0.39 is 10.0 Å². The van der Waals surface area contributed by atoms with Gasteiger partial charge < -0.3 is 5.32 Å². The number of nitrogens with two attached hydrogens (primary N) is 1. The highest BCUT2D eigenvalue weighted by atomic mass is 79.9. The first-order valence-electron chi connectivity index (χ1n) is 4.87. The second kappa shape index (κ2) is 6.00. The lowest BCUT2D eigenvalue weighted by molar-refractivity contribution is 0.596. The topological polar surface area (TPSA) is 96.0 Å². The fourth-order valence-corrected chi connectivity index (χ4v) is 2.28. The maximum absolute atomic E-state index is 10.7. The van der Waals surface area contributed by atoms with Crippen molar-refractivity contribution in [2.45, 2.75) is 6.42 Å². The summed E-state index contributed by atoms with van der Waals surface area (Å²) >= 11 is 3.27. The van der Waals surface area contributed by atoms with E-state index in [1.165, 1.54) is 0 Å². The van der Waals surface area contributed by atoms with Crippen LogP contribution in [0.4, 0.5) is 5.69 Å². The minimum atomic E-state index is -3.42. The van der Waals surface area contributed by atoms with Gasteiger partial charge in [-0.3, -0.25) is 0 Å². The highest BCUT2D eigenvalue weighted by Crippen LogP contribution is 2.23. The van der Waals surface area contributed by atoms with Crippen LogP contribution in [0.5, 0.6) is 0 Å².